The minimum Gasteiger partial charge on any atom is -0.497 e. The maximum Gasteiger partial charge on any atom is 0.259 e. The molecule has 1 amide bonds. The summed E-state index contributed by atoms with van der Waals surface area (Å²) in [5.41, 5.74) is 1.11. The van der Waals surface area contributed by atoms with Crippen LogP contribution in [0.3, 0.4) is 0 Å². The Hall–Kier alpha value is -2.87. The van der Waals surface area contributed by atoms with Crippen molar-refractivity contribution in [1.82, 2.24) is 10.2 Å². The van der Waals surface area contributed by atoms with E-state index >= 15 is 0 Å². The van der Waals surface area contributed by atoms with Gasteiger partial charge in [-0.05, 0) is 25.1 Å². The lowest BCUT2D eigenvalue weighted by molar-refractivity contribution is 0.102. The van der Waals surface area contributed by atoms with Gasteiger partial charge in [0.15, 0.2) is 0 Å². The molecule has 3 rings (SSSR count). The SMILES string of the molecule is COc1ccc(C(=O)Nc2cc(-c3nnc(C)o3)sc2C)c(OC)c1. The number of hydrogen-bond acceptors (Lipinski definition) is 7. The van der Waals surface area contributed by atoms with Gasteiger partial charge in [-0.1, -0.05) is 0 Å². The van der Waals surface area contributed by atoms with Crippen molar-refractivity contribution >= 4 is 22.9 Å². The van der Waals surface area contributed by atoms with E-state index in [-0.39, 0.29) is 5.91 Å². The highest BCUT2D eigenvalue weighted by Gasteiger charge is 2.17. The largest absolute Gasteiger partial charge is 0.497 e. The van der Waals surface area contributed by atoms with Crippen LogP contribution in [0.15, 0.2) is 28.7 Å². The number of carbonyl (C=O) groups is 1. The van der Waals surface area contributed by atoms with Crippen LogP contribution in [-0.4, -0.2) is 30.3 Å². The third-order valence-electron chi connectivity index (χ3n) is 3.56. The predicted octanol–water partition coefficient (Wildman–Crippen LogP) is 3.68. The molecular weight excluding hydrogens is 342 g/mol. The second-order valence-electron chi connectivity index (χ2n) is 5.23. The summed E-state index contributed by atoms with van der Waals surface area (Å²) in [6.45, 7) is 3.65. The zero-order valence-electron chi connectivity index (χ0n) is 14.2. The summed E-state index contributed by atoms with van der Waals surface area (Å²) in [7, 11) is 3.07. The molecule has 1 aromatic carbocycles. The molecule has 0 saturated heterocycles. The summed E-state index contributed by atoms with van der Waals surface area (Å²) >= 11 is 1.47. The molecule has 0 aliphatic carbocycles. The molecule has 2 heterocycles. The Morgan fingerprint density at radius 3 is 2.60 bits per heavy atom. The molecule has 0 unspecified atom stereocenters. The molecule has 2 aromatic heterocycles. The maximum atomic E-state index is 12.6. The third-order valence-corrected chi connectivity index (χ3v) is 4.59. The summed E-state index contributed by atoms with van der Waals surface area (Å²) < 4.78 is 15.9. The lowest BCUT2D eigenvalue weighted by atomic mass is 10.1. The number of ether oxygens (including phenoxy) is 2. The van der Waals surface area contributed by atoms with Gasteiger partial charge in [0.2, 0.25) is 5.89 Å². The van der Waals surface area contributed by atoms with Crippen LogP contribution in [0.5, 0.6) is 11.5 Å². The van der Waals surface area contributed by atoms with Crippen molar-refractivity contribution in [2.45, 2.75) is 13.8 Å². The minimum absolute atomic E-state index is 0.270. The topological polar surface area (TPSA) is 86.5 Å². The molecular formula is C17H17N3O4S. The number of hydrogen-bond donors (Lipinski definition) is 1. The number of carbonyl (C=O) groups excluding carboxylic acids is 1. The lowest BCUT2D eigenvalue weighted by Gasteiger charge is -2.10. The van der Waals surface area contributed by atoms with Gasteiger partial charge in [0.25, 0.3) is 11.8 Å². The third kappa shape index (κ3) is 3.48. The summed E-state index contributed by atoms with van der Waals surface area (Å²) in [5, 5.41) is 10.7. The number of methoxy groups -OCH3 is 2. The number of aryl methyl sites for hydroxylation is 2. The van der Waals surface area contributed by atoms with Crippen molar-refractivity contribution in [3.63, 3.8) is 0 Å². The first-order valence-corrected chi connectivity index (χ1v) is 8.27. The molecule has 0 spiro atoms. The van der Waals surface area contributed by atoms with Crippen molar-refractivity contribution < 1.29 is 18.7 Å². The van der Waals surface area contributed by atoms with E-state index in [1.807, 2.05) is 13.0 Å². The van der Waals surface area contributed by atoms with Gasteiger partial charge in [0.1, 0.15) is 11.5 Å². The fraction of sp³-hybridized carbons (Fsp3) is 0.235. The Labute approximate surface area is 148 Å². The van der Waals surface area contributed by atoms with E-state index in [0.29, 0.717) is 34.5 Å². The van der Waals surface area contributed by atoms with E-state index in [2.05, 4.69) is 15.5 Å². The Balaban J connectivity index is 1.85. The van der Waals surface area contributed by atoms with E-state index in [0.717, 1.165) is 9.75 Å². The second-order valence-corrected chi connectivity index (χ2v) is 6.48. The van der Waals surface area contributed by atoms with E-state index in [4.69, 9.17) is 13.9 Å². The summed E-state index contributed by atoms with van der Waals surface area (Å²) in [4.78, 5) is 14.4. The van der Waals surface area contributed by atoms with Crippen molar-refractivity contribution in [1.29, 1.82) is 0 Å². The number of rotatable bonds is 5. The highest BCUT2D eigenvalue weighted by atomic mass is 32.1. The van der Waals surface area contributed by atoms with Gasteiger partial charge >= 0.3 is 0 Å². The molecule has 130 valence electrons. The molecule has 0 atom stereocenters. The van der Waals surface area contributed by atoms with E-state index in [1.165, 1.54) is 18.4 Å². The average Bonchev–Trinajstić information content (AvgIpc) is 3.20. The fourth-order valence-corrected chi connectivity index (χ4v) is 3.18. The minimum atomic E-state index is -0.270. The molecule has 8 heteroatoms. The van der Waals surface area contributed by atoms with Crippen LogP contribution >= 0.6 is 11.3 Å². The first-order chi connectivity index (χ1) is 12.0. The lowest BCUT2D eigenvalue weighted by Crippen LogP contribution is -2.13. The van der Waals surface area contributed by atoms with Gasteiger partial charge < -0.3 is 19.2 Å². The van der Waals surface area contributed by atoms with Crippen LogP contribution in [0.25, 0.3) is 10.8 Å². The first-order valence-electron chi connectivity index (χ1n) is 7.46. The van der Waals surface area contributed by atoms with E-state index in [9.17, 15) is 4.79 Å². The smallest absolute Gasteiger partial charge is 0.259 e. The van der Waals surface area contributed by atoms with Crippen molar-refractivity contribution in [3.05, 3.63) is 40.6 Å². The van der Waals surface area contributed by atoms with Crippen molar-refractivity contribution in [3.8, 4) is 22.3 Å². The first kappa shape index (κ1) is 17.0. The van der Waals surface area contributed by atoms with Crippen molar-refractivity contribution in [2.24, 2.45) is 0 Å². The normalized spacial score (nSPS) is 10.6. The van der Waals surface area contributed by atoms with E-state index < -0.39 is 0 Å². The maximum absolute atomic E-state index is 12.6. The highest BCUT2D eigenvalue weighted by molar-refractivity contribution is 7.15. The number of benzene rings is 1. The van der Waals surface area contributed by atoms with Crippen LogP contribution < -0.4 is 14.8 Å². The molecule has 0 fully saturated rings. The molecule has 1 N–H and O–H groups in total. The zero-order chi connectivity index (χ0) is 18.0. The van der Waals surface area contributed by atoms with Crippen LogP contribution in [0.1, 0.15) is 21.1 Å². The quantitative estimate of drug-likeness (QED) is 0.748. The van der Waals surface area contributed by atoms with Gasteiger partial charge in [0.05, 0.1) is 30.3 Å². The standard InChI is InChI=1S/C17H17N3O4S/c1-9-13(8-15(25-9)17-20-19-10(2)24-17)18-16(21)12-6-5-11(22-3)7-14(12)23-4/h5-8H,1-4H3,(H,18,21). The summed E-state index contributed by atoms with van der Waals surface area (Å²) in [6.07, 6.45) is 0. The number of thiophene rings is 1. The molecule has 3 aromatic rings. The van der Waals surface area contributed by atoms with Gasteiger partial charge in [-0.25, -0.2) is 0 Å². The van der Waals surface area contributed by atoms with Crippen molar-refractivity contribution in [2.75, 3.05) is 19.5 Å². The van der Waals surface area contributed by atoms with Crippen LogP contribution in [-0.2, 0) is 0 Å². The molecule has 0 saturated carbocycles. The molecule has 0 aliphatic rings. The second kappa shape index (κ2) is 6.94. The van der Waals surface area contributed by atoms with Crippen LogP contribution in [0.4, 0.5) is 5.69 Å². The van der Waals surface area contributed by atoms with E-state index in [1.54, 1.807) is 32.2 Å². The van der Waals surface area contributed by atoms with Gasteiger partial charge in [-0.15, -0.1) is 21.5 Å². The Kier molecular flexibility index (Phi) is 4.71. The Morgan fingerprint density at radius 2 is 1.96 bits per heavy atom. The predicted molar refractivity (Wildman–Crippen MR) is 94.6 cm³/mol. The number of nitrogens with one attached hydrogen (secondary N) is 1. The van der Waals surface area contributed by atoms with Gasteiger partial charge in [0, 0.05) is 17.9 Å². The molecule has 0 radical (unpaired) electrons. The monoisotopic (exact) mass is 359 g/mol. The molecule has 7 nitrogen and oxygen atoms in total. The molecule has 25 heavy (non-hydrogen) atoms. The van der Waals surface area contributed by atoms with Crippen LogP contribution in [0.2, 0.25) is 0 Å². The number of nitrogens with zero attached hydrogens (tertiary/aromatic N) is 2. The molecule has 0 aliphatic heterocycles. The van der Waals surface area contributed by atoms with Gasteiger partial charge in [-0.3, -0.25) is 4.79 Å². The Bertz CT molecular complexity index is 917. The number of aromatic nitrogens is 2. The molecule has 0 bridgehead atoms. The fourth-order valence-electron chi connectivity index (χ4n) is 2.28. The Morgan fingerprint density at radius 1 is 1.16 bits per heavy atom. The summed E-state index contributed by atoms with van der Waals surface area (Å²) in [5.74, 6) is 1.73. The van der Waals surface area contributed by atoms with Gasteiger partial charge in [-0.2, -0.15) is 0 Å². The number of anilines is 1. The average molecular weight is 359 g/mol. The number of amides is 1. The summed E-state index contributed by atoms with van der Waals surface area (Å²) in [6, 6.07) is 6.87. The zero-order valence-corrected chi connectivity index (χ0v) is 15.1. The van der Waals surface area contributed by atoms with Crippen LogP contribution in [0, 0.1) is 13.8 Å². The highest BCUT2D eigenvalue weighted by Crippen LogP contribution is 2.34.